The van der Waals surface area contributed by atoms with Gasteiger partial charge < -0.3 is 9.80 Å². The molecule has 0 spiro atoms. The van der Waals surface area contributed by atoms with E-state index in [4.69, 9.17) is 10.1 Å². The van der Waals surface area contributed by atoms with Crippen LogP contribution in [-0.2, 0) is 10.8 Å². The quantitative estimate of drug-likeness (QED) is 0.143. The summed E-state index contributed by atoms with van der Waals surface area (Å²) >= 11 is 0. The Morgan fingerprint density at radius 2 is 1.19 bits per heavy atom. The van der Waals surface area contributed by atoms with Crippen molar-refractivity contribution in [3.05, 3.63) is 194 Å². The summed E-state index contributed by atoms with van der Waals surface area (Å²) < 4.78 is 4.54. The maximum atomic E-state index is 5.65. The topological polar surface area (TPSA) is 42.1 Å². The van der Waals surface area contributed by atoms with E-state index in [-0.39, 0.29) is 17.5 Å². The average molecular weight is 821 g/mol. The minimum Gasteiger partial charge on any atom is -0.361 e. The summed E-state index contributed by atoms with van der Waals surface area (Å²) in [6.07, 6.45) is 6.31. The molecule has 1 aliphatic rings. The van der Waals surface area contributed by atoms with Crippen LogP contribution in [-0.4, -0.2) is 44.7 Å². The van der Waals surface area contributed by atoms with Crippen LogP contribution in [0.4, 0.5) is 5.69 Å². The van der Waals surface area contributed by atoms with Crippen LogP contribution in [0.15, 0.2) is 182 Å². The zero-order valence-corrected chi connectivity index (χ0v) is 37.3. The van der Waals surface area contributed by atoms with Crippen molar-refractivity contribution in [1.82, 2.24) is 24.2 Å². The van der Waals surface area contributed by atoms with Crippen LogP contribution < -0.4 is 21.3 Å². The third kappa shape index (κ3) is 7.41. The highest BCUT2D eigenvalue weighted by Gasteiger charge is 2.35. The second-order valence-electron chi connectivity index (χ2n) is 19.0. The largest absolute Gasteiger partial charge is 0.361 e. The summed E-state index contributed by atoms with van der Waals surface area (Å²) in [4.78, 5) is 9.64. The van der Waals surface area contributed by atoms with Gasteiger partial charge in [-0.25, -0.2) is 9.67 Å². The maximum absolute atomic E-state index is 5.65. The monoisotopic (exact) mass is 820 g/mol. The average Bonchev–Trinajstić information content (AvgIpc) is 4.01. The van der Waals surface area contributed by atoms with Gasteiger partial charge >= 0.3 is 0 Å². The van der Waals surface area contributed by atoms with Crippen LogP contribution in [0.25, 0.3) is 55.8 Å². The van der Waals surface area contributed by atoms with Gasteiger partial charge in [0.25, 0.3) is 0 Å². The normalized spacial score (nSPS) is 13.1. The zero-order valence-electron chi connectivity index (χ0n) is 37.3. The van der Waals surface area contributed by atoms with Gasteiger partial charge in [-0.05, 0) is 81.5 Å². The molecule has 63 heavy (non-hydrogen) atoms. The Kier molecular flexibility index (Phi) is 9.94. The standard InChI is InChI=1S/C56H53BN6/c1-55(2,3)41-29-30-58-51(35-41)62-49-26-18-17-25-47(49)48-28-27-43(37-50(48)62)57(44-33-42(56(4,5)6)34-46(36-44)61-32-31-60(7)38-61)52-53(39-19-11-8-12-20-39)59-63(45-23-15-10-16-24-45)54(52)40-21-13-9-14-22-40/h8-37H,38H2,1-7H3. The summed E-state index contributed by atoms with van der Waals surface area (Å²) in [5.41, 5.74) is 14.5. The maximum Gasteiger partial charge on any atom is 0.247 e. The summed E-state index contributed by atoms with van der Waals surface area (Å²) in [6.45, 7) is 14.3. The minimum absolute atomic E-state index is 0.0393. The van der Waals surface area contributed by atoms with Crippen LogP contribution >= 0.6 is 0 Å². The molecule has 0 saturated carbocycles. The molecule has 0 N–H and O–H groups in total. The predicted molar refractivity (Wildman–Crippen MR) is 266 cm³/mol. The van der Waals surface area contributed by atoms with Gasteiger partial charge in [0.1, 0.15) is 5.82 Å². The van der Waals surface area contributed by atoms with E-state index in [2.05, 4.69) is 244 Å². The first kappa shape index (κ1) is 40.0. The van der Waals surface area contributed by atoms with E-state index in [1.807, 2.05) is 6.20 Å². The summed E-state index contributed by atoms with van der Waals surface area (Å²) in [7, 11) is 2.13. The molecule has 0 bridgehead atoms. The molecule has 0 radical (unpaired) electrons. The molecule has 0 aliphatic carbocycles. The molecule has 7 heteroatoms. The molecule has 310 valence electrons. The summed E-state index contributed by atoms with van der Waals surface area (Å²) in [6, 6.07) is 59.6. The Morgan fingerprint density at radius 1 is 0.540 bits per heavy atom. The number of hydrogen-bond acceptors (Lipinski definition) is 4. The Labute approximate surface area is 371 Å². The number of para-hydroxylation sites is 2. The number of anilines is 1. The first-order valence-electron chi connectivity index (χ1n) is 22.0. The van der Waals surface area contributed by atoms with Crippen LogP contribution in [0.5, 0.6) is 0 Å². The highest BCUT2D eigenvalue weighted by Crippen LogP contribution is 2.35. The lowest BCUT2D eigenvalue weighted by Gasteiger charge is -2.27. The van der Waals surface area contributed by atoms with Crippen molar-refractivity contribution in [1.29, 1.82) is 0 Å². The lowest BCUT2D eigenvalue weighted by Crippen LogP contribution is -2.53. The van der Waals surface area contributed by atoms with Crippen LogP contribution in [0.3, 0.4) is 0 Å². The van der Waals surface area contributed by atoms with Crippen molar-refractivity contribution in [2.24, 2.45) is 0 Å². The van der Waals surface area contributed by atoms with E-state index in [0.717, 1.165) is 57.2 Å². The van der Waals surface area contributed by atoms with Crippen LogP contribution in [0.2, 0.25) is 0 Å². The number of benzene rings is 6. The van der Waals surface area contributed by atoms with E-state index < -0.39 is 0 Å². The third-order valence-corrected chi connectivity index (χ3v) is 12.5. The van der Waals surface area contributed by atoms with Crippen molar-refractivity contribution in [3.63, 3.8) is 0 Å². The molecule has 0 amide bonds. The molecule has 6 aromatic carbocycles. The highest BCUT2D eigenvalue weighted by molar-refractivity contribution is 6.97. The molecule has 10 rings (SSSR count). The van der Waals surface area contributed by atoms with Gasteiger partial charge in [-0.15, -0.1) is 0 Å². The lowest BCUT2D eigenvalue weighted by atomic mass is 9.35. The van der Waals surface area contributed by atoms with Gasteiger partial charge in [0.05, 0.1) is 34.8 Å². The molecule has 6 nitrogen and oxygen atoms in total. The van der Waals surface area contributed by atoms with Gasteiger partial charge in [-0.2, -0.15) is 5.10 Å². The molecule has 4 heterocycles. The molecule has 9 aromatic rings. The third-order valence-electron chi connectivity index (χ3n) is 12.5. The van der Waals surface area contributed by atoms with Crippen LogP contribution in [0, 0.1) is 0 Å². The van der Waals surface area contributed by atoms with E-state index in [9.17, 15) is 0 Å². The summed E-state index contributed by atoms with van der Waals surface area (Å²) in [5.74, 6) is 0.913. The van der Waals surface area contributed by atoms with Crippen molar-refractivity contribution >= 4 is 50.6 Å². The number of nitrogens with zero attached hydrogens (tertiary/aromatic N) is 6. The molecular formula is C56H53BN6. The smallest absolute Gasteiger partial charge is 0.247 e. The van der Waals surface area contributed by atoms with E-state index in [1.54, 1.807) is 0 Å². The fourth-order valence-electron chi connectivity index (χ4n) is 9.19. The molecular weight excluding hydrogens is 767 g/mol. The number of hydrogen-bond donors (Lipinski definition) is 0. The van der Waals surface area contributed by atoms with Crippen LogP contribution in [0.1, 0.15) is 52.7 Å². The van der Waals surface area contributed by atoms with Crippen molar-refractivity contribution < 1.29 is 0 Å². The van der Waals surface area contributed by atoms with Crippen molar-refractivity contribution in [3.8, 4) is 34.0 Å². The first-order chi connectivity index (χ1) is 30.4. The molecule has 3 aromatic heterocycles. The van der Waals surface area contributed by atoms with E-state index >= 15 is 0 Å². The second kappa shape index (κ2) is 15.7. The van der Waals surface area contributed by atoms with E-state index in [1.165, 1.54) is 38.5 Å². The molecule has 0 atom stereocenters. The zero-order chi connectivity index (χ0) is 43.5. The number of aromatic nitrogens is 4. The Bertz CT molecular complexity index is 3130. The summed E-state index contributed by atoms with van der Waals surface area (Å²) in [5, 5.41) is 8.04. The number of rotatable bonds is 8. The Hall–Kier alpha value is -7.12. The Morgan fingerprint density at radius 3 is 1.87 bits per heavy atom. The highest BCUT2D eigenvalue weighted by atomic mass is 15.3. The van der Waals surface area contributed by atoms with Gasteiger partial charge in [0.15, 0.2) is 0 Å². The first-order valence-corrected chi connectivity index (χ1v) is 22.0. The Balaban J connectivity index is 1.34. The minimum atomic E-state index is -0.247. The van der Waals surface area contributed by atoms with Gasteiger partial charge in [-0.3, -0.25) is 4.57 Å². The van der Waals surface area contributed by atoms with Gasteiger partial charge in [0.2, 0.25) is 6.71 Å². The molecule has 0 unspecified atom stereocenters. The van der Waals surface area contributed by atoms with Crippen molar-refractivity contribution in [2.75, 3.05) is 18.6 Å². The predicted octanol–water partition coefficient (Wildman–Crippen LogP) is 11.0. The molecule has 0 saturated heterocycles. The number of pyridine rings is 1. The second-order valence-corrected chi connectivity index (χ2v) is 19.0. The molecule has 0 fully saturated rings. The molecule has 1 aliphatic heterocycles. The fraction of sp³-hybridized carbons (Fsp3) is 0.179. The van der Waals surface area contributed by atoms with Gasteiger partial charge in [-0.1, -0.05) is 168 Å². The fourth-order valence-corrected chi connectivity index (χ4v) is 9.19. The van der Waals surface area contributed by atoms with Gasteiger partial charge in [0, 0.05) is 47.7 Å². The SMILES string of the molecule is CN1C=CN(c2cc(B(c3ccc4c5ccccc5n(-c5cc(C(C)(C)C)ccn5)c4c3)c3c(-c4ccccc4)nn(-c4ccccc4)c3-c3ccccc3)cc(C(C)(C)C)c2)C1. The van der Waals surface area contributed by atoms with E-state index in [0.29, 0.717) is 0 Å². The van der Waals surface area contributed by atoms with Crippen molar-refractivity contribution in [2.45, 2.75) is 52.4 Å². The number of fused-ring (bicyclic) bond motifs is 3. The lowest BCUT2D eigenvalue weighted by molar-refractivity contribution is 0.495.